The van der Waals surface area contributed by atoms with Crippen molar-refractivity contribution < 1.29 is 9.59 Å². The molecule has 0 aromatic carbocycles. The summed E-state index contributed by atoms with van der Waals surface area (Å²) >= 11 is 3.28. The second kappa shape index (κ2) is 5.96. The number of likely N-dealkylation sites (tertiary alicyclic amines) is 1. The van der Waals surface area contributed by atoms with E-state index in [-0.39, 0.29) is 11.8 Å². The highest BCUT2D eigenvalue weighted by Gasteiger charge is 2.28. The lowest BCUT2D eigenvalue weighted by Gasteiger charge is -2.13. The molecular weight excluding hydrogens is 318 g/mol. The Morgan fingerprint density at radius 1 is 1.14 bits per heavy atom. The summed E-state index contributed by atoms with van der Waals surface area (Å²) in [5.41, 5.74) is 1.22. The van der Waals surface area contributed by atoms with Gasteiger partial charge in [-0.25, -0.2) is 9.97 Å². The van der Waals surface area contributed by atoms with Gasteiger partial charge in [0.25, 0.3) is 0 Å². The van der Waals surface area contributed by atoms with Crippen molar-refractivity contribution in [2.75, 3.05) is 12.3 Å². The van der Waals surface area contributed by atoms with Crippen molar-refractivity contribution in [3.05, 3.63) is 16.3 Å². The standard InChI is InChI=1S/C15H17N3O2S2/c1-8-9(2)22-15-13(8)14(16-10(3)17-15)21-7-6-18-11(19)4-5-12(18)20/h4-7H2,1-3H3. The van der Waals surface area contributed by atoms with Crippen LogP contribution in [-0.4, -0.2) is 39.0 Å². The SMILES string of the molecule is Cc1nc(SCCN2C(=O)CCC2=O)c2c(C)c(C)sc2n1. The van der Waals surface area contributed by atoms with Crippen LogP contribution in [0.2, 0.25) is 0 Å². The van der Waals surface area contributed by atoms with Gasteiger partial charge in [-0.2, -0.15) is 0 Å². The maximum absolute atomic E-state index is 11.6. The fraction of sp³-hybridized carbons (Fsp3) is 0.467. The fourth-order valence-corrected chi connectivity index (χ4v) is 4.72. The van der Waals surface area contributed by atoms with Gasteiger partial charge < -0.3 is 0 Å². The zero-order valence-corrected chi connectivity index (χ0v) is 14.4. The van der Waals surface area contributed by atoms with E-state index >= 15 is 0 Å². The van der Waals surface area contributed by atoms with E-state index in [2.05, 4.69) is 23.8 Å². The summed E-state index contributed by atoms with van der Waals surface area (Å²) in [4.78, 5) is 35.9. The lowest BCUT2D eigenvalue weighted by Crippen LogP contribution is -2.31. The van der Waals surface area contributed by atoms with Crippen LogP contribution >= 0.6 is 23.1 Å². The highest BCUT2D eigenvalue weighted by atomic mass is 32.2. The molecule has 7 heteroatoms. The average Bonchev–Trinajstić information content (AvgIpc) is 2.92. The Labute approximate surface area is 137 Å². The molecule has 1 fully saturated rings. The van der Waals surface area contributed by atoms with Crippen LogP contribution in [0, 0.1) is 20.8 Å². The molecule has 1 aliphatic rings. The summed E-state index contributed by atoms with van der Waals surface area (Å²) in [7, 11) is 0. The molecule has 22 heavy (non-hydrogen) atoms. The largest absolute Gasteiger partial charge is 0.282 e. The smallest absolute Gasteiger partial charge is 0.229 e. The number of carbonyl (C=O) groups is 2. The van der Waals surface area contributed by atoms with Crippen molar-refractivity contribution in [3.63, 3.8) is 0 Å². The molecule has 0 bridgehead atoms. The van der Waals surface area contributed by atoms with Crippen LogP contribution in [0.1, 0.15) is 29.1 Å². The number of thiophene rings is 1. The number of imide groups is 1. The number of hydrogen-bond acceptors (Lipinski definition) is 6. The van der Waals surface area contributed by atoms with Gasteiger partial charge in [0.2, 0.25) is 11.8 Å². The molecule has 2 amide bonds. The minimum absolute atomic E-state index is 0.0582. The molecule has 0 N–H and O–H groups in total. The Hall–Kier alpha value is -1.47. The number of carbonyl (C=O) groups excluding carboxylic acids is 2. The first-order valence-corrected chi connectivity index (χ1v) is 8.98. The highest BCUT2D eigenvalue weighted by molar-refractivity contribution is 7.99. The van der Waals surface area contributed by atoms with E-state index in [0.717, 1.165) is 21.1 Å². The average molecular weight is 335 g/mol. The molecule has 5 nitrogen and oxygen atoms in total. The summed E-state index contributed by atoms with van der Waals surface area (Å²) in [6.45, 7) is 6.52. The van der Waals surface area contributed by atoms with Crippen LogP contribution in [0.15, 0.2) is 5.03 Å². The Kier molecular flexibility index (Phi) is 4.18. The summed E-state index contributed by atoms with van der Waals surface area (Å²) in [5.74, 6) is 1.30. The van der Waals surface area contributed by atoms with Crippen LogP contribution in [0.25, 0.3) is 10.2 Å². The van der Waals surface area contributed by atoms with Gasteiger partial charge >= 0.3 is 0 Å². The van der Waals surface area contributed by atoms with Crippen molar-refractivity contribution in [2.45, 2.75) is 38.6 Å². The van der Waals surface area contributed by atoms with Gasteiger partial charge in [-0.15, -0.1) is 23.1 Å². The van der Waals surface area contributed by atoms with E-state index in [1.165, 1.54) is 15.3 Å². The molecular formula is C15H17N3O2S2. The molecule has 2 aromatic rings. The van der Waals surface area contributed by atoms with Crippen LogP contribution in [-0.2, 0) is 9.59 Å². The second-order valence-corrected chi connectivity index (χ2v) is 7.61. The van der Waals surface area contributed by atoms with Crippen molar-refractivity contribution in [3.8, 4) is 0 Å². The number of nitrogens with zero attached hydrogens (tertiary/aromatic N) is 3. The molecule has 1 aliphatic heterocycles. The van der Waals surface area contributed by atoms with Gasteiger partial charge in [-0.05, 0) is 26.3 Å². The van der Waals surface area contributed by atoms with Crippen LogP contribution in [0.3, 0.4) is 0 Å². The number of hydrogen-bond donors (Lipinski definition) is 0. The molecule has 0 spiro atoms. The molecule has 1 saturated heterocycles. The molecule has 3 heterocycles. The van der Waals surface area contributed by atoms with E-state index in [1.807, 2.05) is 6.92 Å². The Morgan fingerprint density at radius 3 is 2.50 bits per heavy atom. The maximum atomic E-state index is 11.6. The van der Waals surface area contributed by atoms with Gasteiger partial charge in [0.05, 0.1) is 0 Å². The highest BCUT2D eigenvalue weighted by Crippen LogP contribution is 2.35. The first-order valence-electron chi connectivity index (χ1n) is 7.17. The Morgan fingerprint density at radius 2 is 1.82 bits per heavy atom. The summed E-state index contributed by atoms with van der Waals surface area (Å²) in [5, 5.41) is 2.06. The van der Waals surface area contributed by atoms with Gasteiger partial charge in [-0.3, -0.25) is 14.5 Å². The molecule has 0 atom stereocenters. The topological polar surface area (TPSA) is 63.2 Å². The van der Waals surface area contributed by atoms with Gasteiger partial charge in [-0.1, -0.05) is 0 Å². The number of fused-ring (bicyclic) bond motifs is 1. The number of aryl methyl sites for hydroxylation is 3. The summed E-state index contributed by atoms with van der Waals surface area (Å²) in [6.07, 6.45) is 0.701. The molecule has 116 valence electrons. The van der Waals surface area contributed by atoms with Crippen LogP contribution < -0.4 is 0 Å². The monoisotopic (exact) mass is 335 g/mol. The first kappa shape index (κ1) is 15.4. The van der Waals surface area contributed by atoms with E-state index in [1.54, 1.807) is 23.1 Å². The lowest BCUT2D eigenvalue weighted by atomic mass is 10.2. The number of thioether (sulfide) groups is 1. The van der Waals surface area contributed by atoms with Gasteiger partial charge in [0.1, 0.15) is 15.7 Å². The zero-order chi connectivity index (χ0) is 15.9. The third kappa shape index (κ3) is 2.75. The van der Waals surface area contributed by atoms with Crippen molar-refractivity contribution in [1.82, 2.24) is 14.9 Å². The number of amides is 2. The first-order chi connectivity index (χ1) is 10.5. The Bertz CT molecular complexity index is 754. The predicted octanol–water partition coefficient (Wildman–Crippen LogP) is 2.86. The fourth-order valence-electron chi connectivity index (χ4n) is 2.52. The molecule has 0 unspecified atom stereocenters. The summed E-state index contributed by atoms with van der Waals surface area (Å²) in [6, 6.07) is 0. The predicted molar refractivity (Wildman–Crippen MR) is 88.3 cm³/mol. The zero-order valence-electron chi connectivity index (χ0n) is 12.8. The van der Waals surface area contributed by atoms with Gasteiger partial charge in [0, 0.05) is 35.4 Å². The minimum Gasteiger partial charge on any atom is -0.282 e. The van der Waals surface area contributed by atoms with Crippen molar-refractivity contribution in [1.29, 1.82) is 0 Å². The van der Waals surface area contributed by atoms with Crippen LogP contribution in [0.4, 0.5) is 0 Å². The normalized spacial score (nSPS) is 15.3. The number of aromatic nitrogens is 2. The third-order valence-corrected chi connectivity index (χ3v) is 5.87. The van der Waals surface area contributed by atoms with Crippen molar-refractivity contribution >= 4 is 45.1 Å². The van der Waals surface area contributed by atoms with Crippen molar-refractivity contribution in [2.24, 2.45) is 0 Å². The molecule has 0 aliphatic carbocycles. The Balaban J connectivity index is 1.79. The number of rotatable bonds is 4. The lowest BCUT2D eigenvalue weighted by molar-refractivity contribution is -0.137. The van der Waals surface area contributed by atoms with E-state index in [9.17, 15) is 9.59 Å². The maximum Gasteiger partial charge on any atom is 0.229 e. The quantitative estimate of drug-likeness (QED) is 0.488. The van der Waals surface area contributed by atoms with E-state index in [0.29, 0.717) is 25.1 Å². The van der Waals surface area contributed by atoms with Gasteiger partial charge in [0.15, 0.2) is 0 Å². The third-order valence-electron chi connectivity index (χ3n) is 3.82. The molecule has 2 aromatic heterocycles. The molecule has 0 radical (unpaired) electrons. The summed E-state index contributed by atoms with van der Waals surface area (Å²) < 4.78 is 0. The van der Waals surface area contributed by atoms with E-state index < -0.39 is 0 Å². The molecule has 0 saturated carbocycles. The second-order valence-electron chi connectivity index (χ2n) is 5.33. The molecule has 3 rings (SSSR count). The van der Waals surface area contributed by atoms with E-state index in [4.69, 9.17) is 0 Å². The van der Waals surface area contributed by atoms with Crippen LogP contribution in [0.5, 0.6) is 0 Å². The minimum atomic E-state index is -0.0582.